The van der Waals surface area contributed by atoms with Crippen LogP contribution in [0.15, 0.2) is 23.6 Å². The van der Waals surface area contributed by atoms with Gasteiger partial charge >= 0.3 is 6.09 Å². The van der Waals surface area contributed by atoms with Crippen LogP contribution in [0.3, 0.4) is 0 Å². The summed E-state index contributed by atoms with van der Waals surface area (Å²) >= 11 is 0. The van der Waals surface area contributed by atoms with E-state index in [1.165, 1.54) is 0 Å². The Morgan fingerprint density at radius 3 is 3.21 bits per heavy atom. The molecule has 3 heteroatoms. The number of carbonyl (C=O) groups excluding carboxylic acids is 1. The highest BCUT2D eigenvalue weighted by atomic mass is 16.6. The highest BCUT2D eigenvalue weighted by molar-refractivity contribution is 5.74. The summed E-state index contributed by atoms with van der Waals surface area (Å²) < 4.78 is 5.20. The van der Waals surface area contributed by atoms with Crippen molar-refractivity contribution in [1.82, 2.24) is 4.90 Å². The molecule has 0 radical (unpaired) electrons. The van der Waals surface area contributed by atoms with Crippen LogP contribution in [0.25, 0.3) is 0 Å². The van der Waals surface area contributed by atoms with Gasteiger partial charge in [-0.1, -0.05) is 13.0 Å². The first-order valence-electron chi connectivity index (χ1n) is 5.21. The molecule has 0 saturated carbocycles. The number of allylic oxidation sites excluding steroid dienone is 3. The second-order valence-corrected chi connectivity index (χ2v) is 3.65. The first-order valence-corrected chi connectivity index (χ1v) is 5.21. The van der Waals surface area contributed by atoms with Crippen LogP contribution in [0.4, 0.5) is 4.79 Å². The molecule has 0 bridgehead atoms. The van der Waals surface area contributed by atoms with Crippen molar-refractivity contribution in [2.75, 3.05) is 6.54 Å². The van der Waals surface area contributed by atoms with Gasteiger partial charge < -0.3 is 4.74 Å². The van der Waals surface area contributed by atoms with Crippen LogP contribution in [-0.2, 0) is 4.74 Å². The van der Waals surface area contributed by atoms with Gasteiger partial charge in [-0.25, -0.2) is 4.79 Å². The second-order valence-electron chi connectivity index (χ2n) is 3.65. The lowest BCUT2D eigenvalue weighted by Crippen LogP contribution is -2.35. The van der Waals surface area contributed by atoms with Gasteiger partial charge in [-0.15, -0.1) is 0 Å². The molecule has 2 heterocycles. The van der Waals surface area contributed by atoms with Crippen molar-refractivity contribution in [1.29, 1.82) is 0 Å². The van der Waals surface area contributed by atoms with E-state index >= 15 is 0 Å². The fourth-order valence-corrected chi connectivity index (χ4v) is 1.80. The maximum Gasteiger partial charge on any atom is 0.419 e. The van der Waals surface area contributed by atoms with Crippen LogP contribution in [0, 0.1) is 0 Å². The quantitative estimate of drug-likeness (QED) is 0.674. The maximum absolute atomic E-state index is 11.5. The van der Waals surface area contributed by atoms with E-state index in [2.05, 4.69) is 13.0 Å². The number of fused-ring (bicyclic) bond motifs is 1. The standard InChI is InChI=1S/C11H15NO2/c1-2-5-10-8-9-6-3-4-7-12(9)11(13)14-10/h6,8H,2-5,7H2,1H3. The van der Waals surface area contributed by atoms with E-state index in [0.29, 0.717) is 0 Å². The number of cyclic esters (lactones) is 1. The highest BCUT2D eigenvalue weighted by Gasteiger charge is 2.26. The van der Waals surface area contributed by atoms with Crippen molar-refractivity contribution in [3.8, 4) is 0 Å². The minimum absolute atomic E-state index is 0.207. The molecule has 0 aliphatic carbocycles. The monoisotopic (exact) mass is 193 g/mol. The largest absolute Gasteiger partial charge is 0.419 e. The first-order chi connectivity index (χ1) is 6.81. The van der Waals surface area contributed by atoms with Gasteiger partial charge in [0.15, 0.2) is 0 Å². The fraction of sp³-hybridized carbons (Fsp3) is 0.545. The Morgan fingerprint density at radius 1 is 1.57 bits per heavy atom. The zero-order chi connectivity index (χ0) is 9.97. The van der Waals surface area contributed by atoms with Crippen LogP contribution in [-0.4, -0.2) is 17.5 Å². The van der Waals surface area contributed by atoms with Gasteiger partial charge in [0, 0.05) is 24.7 Å². The molecule has 2 aliphatic rings. The predicted octanol–water partition coefficient (Wildman–Crippen LogP) is 2.80. The van der Waals surface area contributed by atoms with Crippen molar-refractivity contribution in [3.63, 3.8) is 0 Å². The van der Waals surface area contributed by atoms with Gasteiger partial charge in [0.05, 0.1) is 0 Å². The first kappa shape index (κ1) is 9.31. The van der Waals surface area contributed by atoms with E-state index in [0.717, 1.165) is 43.7 Å². The molecule has 3 nitrogen and oxygen atoms in total. The Balaban J connectivity index is 2.22. The summed E-state index contributed by atoms with van der Waals surface area (Å²) in [4.78, 5) is 13.2. The number of ether oxygens (including phenoxy) is 1. The smallest absolute Gasteiger partial charge is 0.414 e. The van der Waals surface area contributed by atoms with Crippen molar-refractivity contribution < 1.29 is 9.53 Å². The number of rotatable bonds is 2. The van der Waals surface area contributed by atoms with Gasteiger partial charge in [0.2, 0.25) is 0 Å². The molecule has 0 fully saturated rings. The van der Waals surface area contributed by atoms with E-state index < -0.39 is 0 Å². The summed E-state index contributed by atoms with van der Waals surface area (Å²) in [6, 6.07) is 0. The molecule has 0 atom stereocenters. The lowest BCUT2D eigenvalue weighted by atomic mass is 10.1. The average molecular weight is 193 g/mol. The Morgan fingerprint density at radius 2 is 2.43 bits per heavy atom. The fourth-order valence-electron chi connectivity index (χ4n) is 1.80. The van der Waals surface area contributed by atoms with Gasteiger partial charge in [0.25, 0.3) is 0 Å². The highest BCUT2D eigenvalue weighted by Crippen LogP contribution is 2.25. The molecule has 0 saturated heterocycles. The summed E-state index contributed by atoms with van der Waals surface area (Å²) in [5, 5.41) is 0. The third kappa shape index (κ3) is 1.67. The third-order valence-electron chi connectivity index (χ3n) is 2.50. The molecule has 2 aliphatic heterocycles. The molecular weight excluding hydrogens is 178 g/mol. The minimum Gasteiger partial charge on any atom is -0.414 e. The Labute approximate surface area is 84.0 Å². The number of hydrogen-bond donors (Lipinski definition) is 0. The van der Waals surface area contributed by atoms with Gasteiger partial charge in [-0.3, -0.25) is 4.90 Å². The van der Waals surface area contributed by atoms with Crippen LogP contribution in [0.5, 0.6) is 0 Å². The van der Waals surface area contributed by atoms with E-state index in [-0.39, 0.29) is 6.09 Å². The topological polar surface area (TPSA) is 29.5 Å². The van der Waals surface area contributed by atoms with Crippen molar-refractivity contribution in [2.24, 2.45) is 0 Å². The lowest BCUT2D eigenvalue weighted by molar-refractivity contribution is 0.129. The average Bonchev–Trinajstić information content (AvgIpc) is 2.18. The molecule has 2 rings (SSSR count). The summed E-state index contributed by atoms with van der Waals surface area (Å²) in [7, 11) is 0. The number of hydrogen-bond acceptors (Lipinski definition) is 2. The third-order valence-corrected chi connectivity index (χ3v) is 2.50. The predicted molar refractivity (Wildman–Crippen MR) is 53.5 cm³/mol. The minimum atomic E-state index is -0.207. The Hall–Kier alpha value is -1.25. The van der Waals surface area contributed by atoms with Gasteiger partial charge in [-0.05, 0) is 19.3 Å². The number of amides is 1. The summed E-state index contributed by atoms with van der Waals surface area (Å²) in [5.74, 6) is 0.807. The van der Waals surface area contributed by atoms with E-state index in [1.54, 1.807) is 4.90 Å². The lowest BCUT2D eigenvalue weighted by Gasteiger charge is -2.30. The van der Waals surface area contributed by atoms with E-state index in [4.69, 9.17) is 4.74 Å². The number of nitrogens with zero attached hydrogens (tertiary/aromatic N) is 1. The van der Waals surface area contributed by atoms with Crippen LogP contribution < -0.4 is 0 Å². The van der Waals surface area contributed by atoms with Crippen molar-refractivity contribution in [2.45, 2.75) is 32.6 Å². The SMILES string of the molecule is CCCC1=CC2=CCCCN2C(=O)O1. The van der Waals surface area contributed by atoms with Crippen LogP contribution in [0.1, 0.15) is 32.6 Å². The second kappa shape index (κ2) is 3.86. The molecule has 0 aromatic heterocycles. The molecule has 0 spiro atoms. The van der Waals surface area contributed by atoms with Crippen molar-refractivity contribution >= 4 is 6.09 Å². The molecule has 0 N–H and O–H groups in total. The van der Waals surface area contributed by atoms with Gasteiger partial charge in [0.1, 0.15) is 5.76 Å². The maximum atomic E-state index is 11.5. The van der Waals surface area contributed by atoms with Crippen LogP contribution in [0.2, 0.25) is 0 Å². The normalized spacial score (nSPS) is 20.9. The Kier molecular flexibility index (Phi) is 2.57. The van der Waals surface area contributed by atoms with Crippen LogP contribution >= 0.6 is 0 Å². The van der Waals surface area contributed by atoms with Crippen molar-refractivity contribution in [3.05, 3.63) is 23.6 Å². The summed E-state index contributed by atoms with van der Waals surface area (Å²) in [5.41, 5.74) is 1.02. The Bertz CT molecular complexity index is 304. The zero-order valence-electron chi connectivity index (χ0n) is 8.45. The molecule has 1 amide bonds. The van der Waals surface area contributed by atoms with E-state index in [9.17, 15) is 4.79 Å². The molecule has 0 aromatic rings. The van der Waals surface area contributed by atoms with Gasteiger partial charge in [-0.2, -0.15) is 0 Å². The summed E-state index contributed by atoms with van der Waals surface area (Å²) in [6.07, 6.45) is 7.85. The molecule has 0 aromatic carbocycles. The molecule has 76 valence electrons. The summed E-state index contributed by atoms with van der Waals surface area (Å²) in [6.45, 7) is 2.87. The molecule has 14 heavy (non-hydrogen) atoms. The zero-order valence-corrected chi connectivity index (χ0v) is 8.45. The molecular formula is C11H15NO2. The number of carbonyl (C=O) groups is 1. The molecule has 0 unspecified atom stereocenters. The van der Waals surface area contributed by atoms with E-state index in [1.807, 2.05) is 6.08 Å².